The highest BCUT2D eigenvalue weighted by Crippen LogP contribution is 2.24. The van der Waals surface area contributed by atoms with Crippen molar-refractivity contribution in [2.75, 3.05) is 0 Å². The lowest BCUT2D eigenvalue weighted by Gasteiger charge is -2.07. The average molecular weight is 252 g/mol. The van der Waals surface area contributed by atoms with Gasteiger partial charge in [0.25, 0.3) is 5.69 Å². The third-order valence-electron chi connectivity index (χ3n) is 3.25. The van der Waals surface area contributed by atoms with Crippen molar-refractivity contribution in [3.8, 4) is 5.69 Å². The first-order valence-electron chi connectivity index (χ1n) is 5.98. The van der Waals surface area contributed by atoms with Crippen molar-refractivity contribution in [3.63, 3.8) is 0 Å². The van der Waals surface area contributed by atoms with Crippen LogP contribution in [0, 0.1) is 17.0 Å². The molecule has 4 nitrogen and oxygen atoms in total. The van der Waals surface area contributed by atoms with Crippen molar-refractivity contribution in [1.29, 1.82) is 0 Å². The summed E-state index contributed by atoms with van der Waals surface area (Å²) in [7, 11) is 0. The zero-order valence-corrected chi connectivity index (χ0v) is 10.4. The fraction of sp³-hybridized carbons (Fsp3) is 0.0667. The van der Waals surface area contributed by atoms with Crippen LogP contribution in [-0.4, -0.2) is 9.49 Å². The summed E-state index contributed by atoms with van der Waals surface area (Å²) >= 11 is 0. The fourth-order valence-electron chi connectivity index (χ4n) is 2.32. The van der Waals surface area contributed by atoms with Crippen LogP contribution in [0.1, 0.15) is 5.56 Å². The monoisotopic (exact) mass is 252 g/mol. The average Bonchev–Trinajstić information content (AvgIpc) is 2.84. The standard InChI is InChI=1S/C15H12N2O2/c1-11-3-2-4-12-9-10-16(15(11)12)13-5-7-14(8-6-13)17(18)19/h2-10H,1H3. The molecular formula is C15H12N2O2. The summed E-state index contributed by atoms with van der Waals surface area (Å²) in [5.74, 6) is 0. The fourth-order valence-corrected chi connectivity index (χ4v) is 2.32. The van der Waals surface area contributed by atoms with Crippen LogP contribution in [0.25, 0.3) is 16.6 Å². The van der Waals surface area contributed by atoms with Crippen LogP contribution in [-0.2, 0) is 0 Å². The lowest BCUT2D eigenvalue weighted by molar-refractivity contribution is -0.384. The maximum absolute atomic E-state index is 10.7. The van der Waals surface area contributed by atoms with Crippen molar-refractivity contribution in [2.24, 2.45) is 0 Å². The normalized spacial score (nSPS) is 10.8. The molecule has 0 spiro atoms. The maximum Gasteiger partial charge on any atom is 0.269 e. The molecule has 2 aromatic carbocycles. The van der Waals surface area contributed by atoms with Gasteiger partial charge in [0, 0.05) is 29.4 Å². The molecule has 0 N–H and O–H groups in total. The Morgan fingerprint density at radius 3 is 2.47 bits per heavy atom. The molecule has 0 aliphatic heterocycles. The number of para-hydroxylation sites is 1. The van der Waals surface area contributed by atoms with Crippen LogP contribution in [0.4, 0.5) is 5.69 Å². The highest BCUT2D eigenvalue weighted by molar-refractivity contribution is 5.84. The molecule has 19 heavy (non-hydrogen) atoms. The van der Waals surface area contributed by atoms with Gasteiger partial charge in [0.05, 0.1) is 10.4 Å². The van der Waals surface area contributed by atoms with Crippen molar-refractivity contribution in [3.05, 3.63) is 70.4 Å². The molecular weight excluding hydrogens is 240 g/mol. The van der Waals surface area contributed by atoms with Gasteiger partial charge in [-0.2, -0.15) is 0 Å². The molecule has 3 aromatic rings. The third kappa shape index (κ3) is 1.87. The molecule has 1 aromatic heterocycles. The molecule has 0 atom stereocenters. The predicted octanol–water partition coefficient (Wildman–Crippen LogP) is 3.85. The zero-order chi connectivity index (χ0) is 13.4. The van der Waals surface area contributed by atoms with E-state index in [4.69, 9.17) is 0 Å². The molecule has 3 rings (SSSR count). The molecule has 4 heteroatoms. The van der Waals surface area contributed by atoms with Crippen molar-refractivity contribution >= 4 is 16.6 Å². The molecule has 0 aliphatic rings. The van der Waals surface area contributed by atoms with Gasteiger partial charge in [0.1, 0.15) is 0 Å². The van der Waals surface area contributed by atoms with Gasteiger partial charge in [0.2, 0.25) is 0 Å². The van der Waals surface area contributed by atoms with Crippen LogP contribution in [0.5, 0.6) is 0 Å². The Morgan fingerprint density at radius 2 is 1.79 bits per heavy atom. The number of non-ortho nitro benzene ring substituents is 1. The topological polar surface area (TPSA) is 48.1 Å². The molecule has 0 amide bonds. The maximum atomic E-state index is 10.7. The first kappa shape index (κ1) is 11.5. The Balaban J connectivity index is 2.16. The Morgan fingerprint density at radius 1 is 1.05 bits per heavy atom. The lowest BCUT2D eigenvalue weighted by Crippen LogP contribution is -1.94. The second kappa shape index (κ2) is 4.24. The van der Waals surface area contributed by atoms with E-state index in [1.807, 2.05) is 22.9 Å². The zero-order valence-electron chi connectivity index (χ0n) is 10.4. The summed E-state index contributed by atoms with van der Waals surface area (Å²) in [6.45, 7) is 2.06. The van der Waals surface area contributed by atoms with E-state index in [9.17, 15) is 10.1 Å². The number of benzene rings is 2. The Bertz CT molecular complexity index is 757. The van der Waals surface area contributed by atoms with Crippen LogP contribution in [0.2, 0.25) is 0 Å². The second-order valence-corrected chi connectivity index (χ2v) is 4.47. The largest absolute Gasteiger partial charge is 0.316 e. The summed E-state index contributed by atoms with van der Waals surface area (Å²) < 4.78 is 2.05. The van der Waals surface area contributed by atoms with Gasteiger partial charge in [-0.05, 0) is 30.7 Å². The predicted molar refractivity (Wildman–Crippen MR) is 74.7 cm³/mol. The molecule has 0 saturated carbocycles. The van der Waals surface area contributed by atoms with E-state index < -0.39 is 0 Å². The SMILES string of the molecule is Cc1cccc2ccn(-c3ccc([N+](=O)[O-])cc3)c12. The quantitative estimate of drug-likeness (QED) is 0.513. The van der Waals surface area contributed by atoms with Gasteiger partial charge < -0.3 is 4.57 Å². The van der Waals surface area contributed by atoms with E-state index >= 15 is 0 Å². The molecule has 0 aliphatic carbocycles. The molecule has 0 fully saturated rings. The first-order valence-corrected chi connectivity index (χ1v) is 5.98. The Kier molecular flexibility index (Phi) is 2.56. The lowest BCUT2D eigenvalue weighted by atomic mass is 10.1. The number of aryl methyl sites for hydroxylation is 1. The number of hydrogen-bond acceptors (Lipinski definition) is 2. The number of nitrogens with zero attached hydrogens (tertiary/aromatic N) is 2. The van der Waals surface area contributed by atoms with Crippen LogP contribution in [0.15, 0.2) is 54.7 Å². The second-order valence-electron chi connectivity index (χ2n) is 4.47. The molecule has 1 heterocycles. The van der Waals surface area contributed by atoms with E-state index in [0.29, 0.717) is 0 Å². The van der Waals surface area contributed by atoms with E-state index in [1.54, 1.807) is 12.1 Å². The number of hydrogen-bond donors (Lipinski definition) is 0. The van der Waals surface area contributed by atoms with Gasteiger partial charge in [-0.1, -0.05) is 18.2 Å². The van der Waals surface area contributed by atoms with E-state index in [0.717, 1.165) is 11.2 Å². The summed E-state index contributed by atoms with van der Waals surface area (Å²) in [5.41, 5.74) is 3.35. The van der Waals surface area contributed by atoms with Crippen molar-refractivity contribution in [1.82, 2.24) is 4.57 Å². The summed E-state index contributed by atoms with van der Waals surface area (Å²) in [6.07, 6.45) is 1.98. The smallest absolute Gasteiger partial charge is 0.269 e. The van der Waals surface area contributed by atoms with E-state index in [2.05, 4.69) is 19.1 Å². The minimum absolute atomic E-state index is 0.108. The van der Waals surface area contributed by atoms with E-state index in [-0.39, 0.29) is 10.6 Å². The van der Waals surface area contributed by atoms with Crippen molar-refractivity contribution in [2.45, 2.75) is 6.92 Å². The van der Waals surface area contributed by atoms with Gasteiger partial charge in [-0.25, -0.2) is 0 Å². The van der Waals surface area contributed by atoms with Gasteiger partial charge >= 0.3 is 0 Å². The third-order valence-corrected chi connectivity index (χ3v) is 3.25. The highest BCUT2D eigenvalue weighted by Gasteiger charge is 2.08. The van der Waals surface area contributed by atoms with Crippen LogP contribution >= 0.6 is 0 Å². The Hall–Kier alpha value is -2.62. The van der Waals surface area contributed by atoms with Crippen molar-refractivity contribution < 1.29 is 4.92 Å². The molecule has 0 saturated heterocycles. The minimum atomic E-state index is -0.386. The van der Waals surface area contributed by atoms with Gasteiger partial charge in [0.15, 0.2) is 0 Å². The summed E-state index contributed by atoms with van der Waals surface area (Å²) in [5, 5.41) is 11.8. The molecule has 94 valence electrons. The summed E-state index contributed by atoms with van der Waals surface area (Å²) in [4.78, 5) is 10.3. The summed E-state index contributed by atoms with van der Waals surface area (Å²) in [6, 6.07) is 14.8. The van der Waals surface area contributed by atoms with Crippen LogP contribution in [0.3, 0.4) is 0 Å². The number of fused-ring (bicyclic) bond motifs is 1. The number of nitro groups is 1. The van der Waals surface area contributed by atoms with Gasteiger partial charge in [-0.3, -0.25) is 10.1 Å². The Labute approximate surface area is 110 Å². The van der Waals surface area contributed by atoms with Crippen LogP contribution < -0.4 is 0 Å². The minimum Gasteiger partial charge on any atom is -0.316 e. The van der Waals surface area contributed by atoms with E-state index in [1.165, 1.54) is 23.1 Å². The number of nitro benzene ring substituents is 1. The molecule has 0 unspecified atom stereocenters. The highest BCUT2D eigenvalue weighted by atomic mass is 16.6. The van der Waals surface area contributed by atoms with Gasteiger partial charge in [-0.15, -0.1) is 0 Å². The first-order chi connectivity index (χ1) is 9.16. The molecule has 0 radical (unpaired) electrons. The number of rotatable bonds is 2. The molecule has 0 bridgehead atoms. The number of aromatic nitrogens is 1.